The SMILES string of the molecule is CC(C)Oc1ccccc1.CSc1ccc(Oc2ccc(C(C)(C)c3ccc(C(C)(C)C)c(CCCS(=O)(=O)O)c3)cc2CCCS(=O)(=O)O)cc1. The lowest BCUT2D eigenvalue weighted by molar-refractivity contribution is 0.242. The van der Waals surface area contributed by atoms with Crippen LogP contribution in [0.15, 0.2) is 95.9 Å². The molecule has 4 aromatic carbocycles. The van der Waals surface area contributed by atoms with Gasteiger partial charge in [0.2, 0.25) is 0 Å². The predicted molar refractivity (Wildman–Crippen MR) is 214 cm³/mol. The first-order chi connectivity index (χ1) is 24.2. The molecule has 0 saturated carbocycles. The zero-order valence-corrected chi connectivity index (χ0v) is 34.0. The fourth-order valence-electron chi connectivity index (χ4n) is 5.78. The molecule has 284 valence electrons. The Balaban J connectivity index is 0.000000626. The van der Waals surface area contributed by atoms with Crippen molar-refractivity contribution in [3.8, 4) is 17.2 Å². The minimum Gasteiger partial charge on any atom is -0.491 e. The summed E-state index contributed by atoms with van der Waals surface area (Å²) in [6.07, 6.45) is 3.73. The van der Waals surface area contributed by atoms with Crippen LogP contribution < -0.4 is 9.47 Å². The van der Waals surface area contributed by atoms with Crippen molar-refractivity contribution in [2.75, 3.05) is 17.8 Å². The summed E-state index contributed by atoms with van der Waals surface area (Å²) in [6, 6.07) is 29.8. The molecular formula is C41H54O8S3. The van der Waals surface area contributed by atoms with Crippen molar-refractivity contribution in [2.45, 2.75) is 96.0 Å². The topological polar surface area (TPSA) is 127 Å². The molecule has 4 aromatic rings. The predicted octanol–water partition coefficient (Wildman–Crippen LogP) is 9.94. The molecule has 0 unspecified atom stereocenters. The van der Waals surface area contributed by atoms with E-state index in [-0.39, 0.29) is 29.4 Å². The van der Waals surface area contributed by atoms with Gasteiger partial charge in [-0.05, 0) is 121 Å². The van der Waals surface area contributed by atoms with Crippen molar-refractivity contribution in [1.82, 2.24) is 0 Å². The third-order valence-electron chi connectivity index (χ3n) is 8.52. The summed E-state index contributed by atoms with van der Waals surface area (Å²) in [5, 5.41) is 0. The maximum atomic E-state index is 11.4. The first-order valence-corrected chi connectivity index (χ1v) is 21.8. The lowest BCUT2D eigenvalue weighted by Gasteiger charge is -2.30. The normalized spacial score (nSPS) is 12.3. The second-order valence-corrected chi connectivity index (χ2v) is 18.6. The van der Waals surface area contributed by atoms with E-state index in [1.165, 1.54) is 0 Å². The van der Waals surface area contributed by atoms with Crippen LogP contribution in [0.5, 0.6) is 17.2 Å². The van der Waals surface area contributed by atoms with Gasteiger partial charge in [0.05, 0.1) is 17.6 Å². The maximum absolute atomic E-state index is 11.4. The van der Waals surface area contributed by atoms with Gasteiger partial charge < -0.3 is 9.47 Å². The summed E-state index contributed by atoms with van der Waals surface area (Å²) in [7, 11) is -8.13. The summed E-state index contributed by atoms with van der Waals surface area (Å²) in [5.41, 5.74) is 4.44. The molecule has 0 radical (unpaired) electrons. The molecule has 0 aliphatic carbocycles. The van der Waals surface area contributed by atoms with E-state index in [9.17, 15) is 25.9 Å². The average molecular weight is 771 g/mol. The Kier molecular flexibility index (Phi) is 15.4. The van der Waals surface area contributed by atoms with Crippen LogP contribution in [0.2, 0.25) is 0 Å². The van der Waals surface area contributed by atoms with Gasteiger partial charge in [0.1, 0.15) is 17.2 Å². The van der Waals surface area contributed by atoms with Gasteiger partial charge in [-0.2, -0.15) is 16.8 Å². The summed E-state index contributed by atoms with van der Waals surface area (Å²) < 4.78 is 75.7. The van der Waals surface area contributed by atoms with Gasteiger partial charge in [0, 0.05) is 10.3 Å². The van der Waals surface area contributed by atoms with Gasteiger partial charge in [-0.25, -0.2) is 0 Å². The van der Waals surface area contributed by atoms with Crippen molar-refractivity contribution >= 4 is 32.0 Å². The van der Waals surface area contributed by atoms with E-state index in [4.69, 9.17) is 9.47 Å². The van der Waals surface area contributed by atoms with E-state index in [2.05, 4.69) is 52.8 Å². The van der Waals surface area contributed by atoms with Crippen molar-refractivity contribution in [1.29, 1.82) is 0 Å². The van der Waals surface area contributed by atoms with E-state index in [0.717, 1.165) is 38.5 Å². The Labute approximate surface area is 315 Å². The number of rotatable bonds is 15. The Morgan fingerprint density at radius 1 is 0.673 bits per heavy atom. The minimum absolute atomic E-state index is 0.149. The Bertz CT molecular complexity index is 1950. The molecule has 0 aromatic heterocycles. The smallest absolute Gasteiger partial charge is 0.264 e. The van der Waals surface area contributed by atoms with Gasteiger partial charge in [-0.3, -0.25) is 9.11 Å². The van der Waals surface area contributed by atoms with Crippen molar-refractivity contribution in [2.24, 2.45) is 0 Å². The molecule has 0 atom stereocenters. The number of thioether (sulfide) groups is 1. The van der Waals surface area contributed by atoms with E-state index < -0.39 is 25.7 Å². The molecule has 0 heterocycles. The summed E-state index contributed by atoms with van der Waals surface area (Å²) in [5.74, 6) is 1.60. The molecule has 4 rings (SSSR count). The molecule has 11 heteroatoms. The lowest BCUT2D eigenvalue weighted by Crippen LogP contribution is -2.22. The maximum Gasteiger partial charge on any atom is 0.264 e. The molecule has 8 nitrogen and oxygen atoms in total. The van der Waals surface area contributed by atoms with Gasteiger partial charge in [0.15, 0.2) is 0 Å². The standard InChI is InChI=1S/C32H42O7S3.C9H12O/c1-31(2,3)29-17-11-25(21-23(29)9-7-19-41(33,34)35)32(4,5)26-12-18-30(24(22-26)10-8-20-42(36,37)38)39-27-13-15-28(40-6)16-14-27;1-8(2)10-9-6-4-3-5-7-9/h11-18,21-22H,7-10,19-20H2,1-6H3,(H,33,34,35)(H,36,37,38);3-8H,1-2H3. The number of ether oxygens (including phenoxy) is 2. The first-order valence-electron chi connectivity index (χ1n) is 17.4. The zero-order valence-electron chi connectivity index (χ0n) is 31.5. The highest BCUT2D eigenvalue weighted by molar-refractivity contribution is 7.98. The van der Waals surface area contributed by atoms with Gasteiger partial charge in [-0.15, -0.1) is 11.8 Å². The van der Waals surface area contributed by atoms with Crippen LogP contribution in [0, 0.1) is 0 Å². The number of hydrogen-bond donors (Lipinski definition) is 2. The minimum atomic E-state index is -4.09. The fourth-order valence-corrected chi connectivity index (χ4v) is 7.21. The van der Waals surface area contributed by atoms with E-state index >= 15 is 0 Å². The molecule has 0 spiro atoms. The highest BCUT2D eigenvalue weighted by Crippen LogP contribution is 2.38. The third kappa shape index (κ3) is 14.2. The Morgan fingerprint density at radius 2 is 1.19 bits per heavy atom. The fraction of sp³-hybridized carbons (Fsp3) is 0.415. The molecule has 0 saturated heterocycles. The van der Waals surface area contributed by atoms with Crippen LogP contribution in [0.1, 0.15) is 89.1 Å². The zero-order chi connectivity index (χ0) is 38.7. The van der Waals surface area contributed by atoms with Crippen LogP contribution in [-0.4, -0.2) is 49.8 Å². The molecule has 0 fully saturated rings. The van der Waals surface area contributed by atoms with Gasteiger partial charge in [-0.1, -0.05) is 83.1 Å². The van der Waals surface area contributed by atoms with Crippen molar-refractivity contribution < 1.29 is 35.4 Å². The monoisotopic (exact) mass is 770 g/mol. The Hall–Kier alpha value is -3.35. The highest BCUT2D eigenvalue weighted by atomic mass is 32.2. The van der Waals surface area contributed by atoms with E-state index in [1.807, 2.05) is 92.9 Å². The second kappa shape index (κ2) is 18.6. The summed E-state index contributed by atoms with van der Waals surface area (Å²) in [6.45, 7) is 14.6. The average Bonchev–Trinajstić information content (AvgIpc) is 3.04. The van der Waals surface area contributed by atoms with E-state index in [1.54, 1.807) is 11.8 Å². The van der Waals surface area contributed by atoms with Crippen molar-refractivity contribution in [3.63, 3.8) is 0 Å². The second-order valence-electron chi connectivity index (χ2n) is 14.6. The number of benzene rings is 4. The lowest BCUT2D eigenvalue weighted by atomic mass is 9.74. The third-order valence-corrected chi connectivity index (χ3v) is 10.9. The van der Waals surface area contributed by atoms with Crippen LogP contribution in [0.25, 0.3) is 0 Å². The number of aryl methyl sites for hydroxylation is 2. The van der Waals surface area contributed by atoms with Crippen LogP contribution in [0.3, 0.4) is 0 Å². The molecule has 0 bridgehead atoms. The summed E-state index contributed by atoms with van der Waals surface area (Å²) >= 11 is 1.64. The van der Waals surface area contributed by atoms with Gasteiger partial charge >= 0.3 is 0 Å². The number of para-hydroxylation sites is 1. The molecule has 0 aliphatic rings. The number of hydrogen-bond acceptors (Lipinski definition) is 7. The quantitative estimate of drug-likeness (QED) is 0.0897. The molecule has 0 aliphatic heterocycles. The largest absolute Gasteiger partial charge is 0.491 e. The Morgan fingerprint density at radius 3 is 1.69 bits per heavy atom. The molecule has 2 N–H and O–H groups in total. The molecule has 52 heavy (non-hydrogen) atoms. The van der Waals surface area contributed by atoms with Crippen molar-refractivity contribution in [3.05, 3.63) is 119 Å². The van der Waals surface area contributed by atoms with Crippen LogP contribution >= 0.6 is 11.8 Å². The first kappa shape index (κ1) is 43.1. The van der Waals surface area contributed by atoms with Crippen LogP contribution in [0.4, 0.5) is 0 Å². The van der Waals surface area contributed by atoms with Crippen LogP contribution in [-0.2, 0) is 43.9 Å². The molecular weight excluding hydrogens is 717 g/mol. The molecule has 0 amide bonds. The highest BCUT2D eigenvalue weighted by Gasteiger charge is 2.27. The van der Waals surface area contributed by atoms with E-state index in [0.29, 0.717) is 30.8 Å². The summed E-state index contributed by atoms with van der Waals surface area (Å²) in [4.78, 5) is 1.11. The van der Waals surface area contributed by atoms with Gasteiger partial charge in [0.25, 0.3) is 20.2 Å².